The van der Waals surface area contributed by atoms with Crippen LogP contribution in [-0.2, 0) is 22.6 Å². The van der Waals surface area contributed by atoms with E-state index in [2.05, 4.69) is 46.5 Å². The highest BCUT2D eigenvalue weighted by Crippen LogP contribution is 2.43. The van der Waals surface area contributed by atoms with E-state index in [-0.39, 0.29) is 30.6 Å². The second kappa shape index (κ2) is 14.6. The van der Waals surface area contributed by atoms with Gasteiger partial charge in [-0.05, 0) is 64.2 Å². The lowest BCUT2D eigenvalue weighted by molar-refractivity contribution is -0.268. The highest BCUT2D eigenvalue weighted by molar-refractivity contribution is 7.99. The fraction of sp³-hybridized carbons (Fsp3) is 0.216. The molecule has 1 fully saturated rings. The summed E-state index contributed by atoms with van der Waals surface area (Å²) >= 11 is 1.68. The maximum Gasteiger partial charge on any atom is 0.253 e. The molecule has 0 spiro atoms. The number of aromatic nitrogens is 2. The van der Waals surface area contributed by atoms with Crippen molar-refractivity contribution in [2.75, 3.05) is 5.75 Å². The molecule has 1 amide bonds. The molecule has 1 aliphatic rings. The summed E-state index contributed by atoms with van der Waals surface area (Å²) in [5.41, 5.74) is 6.44. The monoisotopic (exact) mass is 617 g/mol. The highest BCUT2D eigenvalue weighted by atomic mass is 32.2. The first-order valence-electron chi connectivity index (χ1n) is 15.0. The number of carbonyl (C=O) groups is 1. The lowest BCUT2D eigenvalue weighted by Crippen LogP contribution is -2.38. The Bertz CT molecular complexity index is 1700. The van der Waals surface area contributed by atoms with Gasteiger partial charge in [-0.3, -0.25) is 9.78 Å². The molecule has 4 unspecified atom stereocenters. The predicted molar refractivity (Wildman–Crippen MR) is 175 cm³/mol. The quantitative estimate of drug-likeness (QED) is 0.161. The highest BCUT2D eigenvalue weighted by Gasteiger charge is 2.38. The number of nitrogens with one attached hydrogen (secondary N) is 1. The fourth-order valence-corrected chi connectivity index (χ4v) is 6.44. The molecule has 2 aromatic heterocycles. The summed E-state index contributed by atoms with van der Waals surface area (Å²) in [4.78, 5) is 21.0. The van der Waals surface area contributed by atoms with Crippen molar-refractivity contribution in [3.63, 3.8) is 0 Å². The van der Waals surface area contributed by atoms with E-state index >= 15 is 0 Å². The van der Waals surface area contributed by atoms with Gasteiger partial charge in [-0.1, -0.05) is 73.7 Å². The maximum absolute atomic E-state index is 12.5. The van der Waals surface area contributed by atoms with Crippen LogP contribution in [0.3, 0.4) is 0 Å². The van der Waals surface area contributed by atoms with E-state index in [4.69, 9.17) is 9.47 Å². The minimum atomic E-state index is -0.569. The van der Waals surface area contributed by atoms with Crippen molar-refractivity contribution < 1.29 is 19.4 Å². The average molecular weight is 618 g/mol. The van der Waals surface area contributed by atoms with Crippen LogP contribution in [0.25, 0.3) is 11.1 Å². The third-order valence-corrected chi connectivity index (χ3v) is 8.98. The number of amides is 1. The molecule has 228 valence electrons. The summed E-state index contributed by atoms with van der Waals surface area (Å²) in [5.74, 6) is 0.655. The molecule has 4 atom stereocenters. The molecule has 2 N–H and O–H groups in total. The zero-order valence-electron chi connectivity index (χ0n) is 25.0. The molecule has 0 saturated carbocycles. The summed E-state index contributed by atoms with van der Waals surface area (Å²) in [6.07, 6.45) is 4.16. The number of ether oxygens (including phenoxy) is 2. The molecule has 45 heavy (non-hydrogen) atoms. The van der Waals surface area contributed by atoms with Gasteiger partial charge in [0, 0.05) is 42.4 Å². The molecule has 0 aliphatic carbocycles. The molecule has 3 aromatic carbocycles. The molecule has 7 nitrogen and oxygen atoms in total. The van der Waals surface area contributed by atoms with Crippen LogP contribution in [-0.4, -0.2) is 32.8 Å². The number of thioether (sulfide) groups is 1. The average Bonchev–Trinajstić information content (AvgIpc) is 3.11. The van der Waals surface area contributed by atoms with Gasteiger partial charge < -0.3 is 19.9 Å². The molecule has 0 radical (unpaired) electrons. The van der Waals surface area contributed by atoms with Gasteiger partial charge in [0.25, 0.3) is 5.91 Å². The Morgan fingerprint density at radius 3 is 2.42 bits per heavy atom. The summed E-state index contributed by atoms with van der Waals surface area (Å²) in [7, 11) is 0. The Hall–Kier alpha value is -4.34. The summed E-state index contributed by atoms with van der Waals surface area (Å²) < 4.78 is 13.3. The second-order valence-electron chi connectivity index (χ2n) is 11.1. The van der Waals surface area contributed by atoms with Crippen LogP contribution in [0, 0.1) is 5.92 Å². The van der Waals surface area contributed by atoms with E-state index in [1.54, 1.807) is 42.5 Å². The van der Waals surface area contributed by atoms with E-state index < -0.39 is 6.29 Å². The lowest BCUT2D eigenvalue weighted by atomic mass is 9.91. The number of hydrogen-bond acceptors (Lipinski definition) is 7. The van der Waals surface area contributed by atoms with E-state index in [0.717, 1.165) is 44.2 Å². The lowest BCUT2D eigenvalue weighted by Gasteiger charge is -2.41. The van der Waals surface area contributed by atoms with Gasteiger partial charge in [0.1, 0.15) is 0 Å². The van der Waals surface area contributed by atoms with Crippen LogP contribution in [0.4, 0.5) is 0 Å². The SMILES string of the molecule is CC1C(CSc2ccccn2)OC(c2cccc(-c3cccc(CNC(=O)c4cccnc4)c3)c2)OC1c1ccc(CO)cc1. The molecule has 1 saturated heterocycles. The number of hydrogen-bond donors (Lipinski definition) is 2. The molecular weight excluding hydrogens is 582 g/mol. The van der Waals surface area contributed by atoms with Gasteiger partial charge in [0.05, 0.1) is 29.4 Å². The Balaban J connectivity index is 1.22. The van der Waals surface area contributed by atoms with Crippen molar-refractivity contribution in [3.8, 4) is 11.1 Å². The summed E-state index contributed by atoms with van der Waals surface area (Å²) in [6, 6.07) is 33.8. The Labute approximate surface area is 267 Å². The number of carbonyl (C=O) groups excluding carboxylic acids is 1. The van der Waals surface area contributed by atoms with Crippen LogP contribution in [0.1, 0.15) is 51.9 Å². The second-order valence-corrected chi connectivity index (χ2v) is 12.1. The van der Waals surface area contributed by atoms with Crippen LogP contribution in [0.15, 0.2) is 127 Å². The Morgan fingerprint density at radius 2 is 1.67 bits per heavy atom. The van der Waals surface area contributed by atoms with Crippen molar-refractivity contribution in [3.05, 3.63) is 150 Å². The summed E-state index contributed by atoms with van der Waals surface area (Å²) in [6.45, 7) is 2.57. The van der Waals surface area contributed by atoms with Gasteiger partial charge in [-0.2, -0.15) is 0 Å². The maximum atomic E-state index is 12.5. The van der Waals surface area contributed by atoms with Crippen molar-refractivity contribution in [2.45, 2.75) is 43.6 Å². The van der Waals surface area contributed by atoms with Crippen LogP contribution < -0.4 is 5.32 Å². The summed E-state index contributed by atoms with van der Waals surface area (Å²) in [5, 5.41) is 13.5. The van der Waals surface area contributed by atoms with Crippen LogP contribution >= 0.6 is 11.8 Å². The van der Waals surface area contributed by atoms with Crippen LogP contribution in [0.2, 0.25) is 0 Å². The fourth-order valence-electron chi connectivity index (χ4n) is 5.42. The molecule has 0 bridgehead atoms. The first kappa shape index (κ1) is 30.7. The first-order chi connectivity index (χ1) is 22.1. The van der Waals surface area contributed by atoms with Gasteiger partial charge in [-0.15, -0.1) is 11.8 Å². The van der Waals surface area contributed by atoms with Crippen molar-refractivity contribution in [2.24, 2.45) is 5.92 Å². The van der Waals surface area contributed by atoms with E-state index in [1.807, 2.05) is 66.7 Å². The van der Waals surface area contributed by atoms with E-state index in [9.17, 15) is 9.90 Å². The minimum absolute atomic E-state index is 0.00129. The molecule has 1 aliphatic heterocycles. The first-order valence-corrected chi connectivity index (χ1v) is 16.0. The molecule has 3 heterocycles. The van der Waals surface area contributed by atoms with Gasteiger partial charge in [0.2, 0.25) is 0 Å². The third-order valence-electron chi connectivity index (χ3n) is 7.95. The number of aliphatic hydroxyl groups excluding tert-OH is 1. The molecular formula is C37H35N3O4S. The number of pyridine rings is 2. The zero-order valence-corrected chi connectivity index (χ0v) is 25.8. The number of rotatable bonds is 10. The molecule has 6 rings (SSSR count). The minimum Gasteiger partial charge on any atom is -0.392 e. The molecule has 5 aromatic rings. The Kier molecular flexibility index (Phi) is 9.97. The number of benzene rings is 3. The Morgan fingerprint density at radius 1 is 0.844 bits per heavy atom. The zero-order chi connectivity index (χ0) is 31.0. The topological polar surface area (TPSA) is 93.6 Å². The van der Waals surface area contributed by atoms with Gasteiger partial charge in [-0.25, -0.2) is 4.98 Å². The van der Waals surface area contributed by atoms with E-state index in [0.29, 0.717) is 12.1 Å². The smallest absolute Gasteiger partial charge is 0.253 e. The van der Waals surface area contributed by atoms with Crippen LogP contribution in [0.5, 0.6) is 0 Å². The predicted octanol–water partition coefficient (Wildman–Crippen LogP) is 7.15. The number of nitrogens with zero attached hydrogens (tertiary/aromatic N) is 2. The largest absolute Gasteiger partial charge is 0.392 e. The van der Waals surface area contributed by atoms with E-state index in [1.165, 1.54) is 0 Å². The molecule has 8 heteroatoms. The number of aliphatic hydroxyl groups is 1. The third kappa shape index (κ3) is 7.67. The van der Waals surface area contributed by atoms with Crippen molar-refractivity contribution in [1.82, 2.24) is 15.3 Å². The van der Waals surface area contributed by atoms with Crippen molar-refractivity contribution >= 4 is 17.7 Å². The van der Waals surface area contributed by atoms with Crippen molar-refractivity contribution in [1.29, 1.82) is 0 Å². The van der Waals surface area contributed by atoms with Gasteiger partial charge in [0.15, 0.2) is 6.29 Å². The standard InChI is InChI=1S/C37H35N3O4S/c1-25-33(24-45-34-12-2-3-18-39-34)43-37(44-35(25)28-15-13-26(23-41)14-16-28)31-10-5-9-30(20-31)29-8-4-7-27(19-29)21-40-36(42)32-11-6-17-38-22-32/h2-20,22,25,33,35,37,41H,21,23-24H2,1H3,(H,40,42). The normalized spacial score (nSPS) is 19.6. The van der Waals surface area contributed by atoms with Gasteiger partial charge >= 0.3 is 0 Å².